The maximum absolute atomic E-state index is 15.0. The van der Waals surface area contributed by atoms with Crippen molar-refractivity contribution in [3.05, 3.63) is 36.3 Å². The smallest absolute Gasteiger partial charge is 0.319 e. The van der Waals surface area contributed by atoms with Gasteiger partial charge < -0.3 is 23.4 Å². The molecule has 0 aromatic carbocycles. The predicted molar refractivity (Wildman–Crippen MR) is 140 cm³/mol. The fourth-order valence-electron chi connectivity index (χ4n) is 10.1. The molecule has 10 nitrogen and oxygen atoms in total. The third kappa shape index (κ3) is 3.04. The van der Waals surface area contributed by atoms with Crippen molar-refractivity contribution in [2.45, 2.75) is 84.2 Å². The van der Waals surface area contributed by atoms with E-state index in [1.807, 2.05) is 26.8 Å². The molecule has 1 aromatic rings. The molecule has 5 aliphatic rings. The zero-order valence-corrected chi connectivity index (χ0v) is 24.3. The Morgan fingerprint density at radius 2 is 1.66 bits per heavy atom. The third-order valence-corrected chi connectivity index (χ3v) is 11.6. The summed E-state index contributed by atoms with van der Waals surface area (Å²) in [6.07, 6.45) is 4.54. The summed E-state index contributed by atoms with van der Waals surface area (Å²) in [5.74, 6) is -4.62. The molecular formula is C31H36O10. The fourth-order valence-corrected chi connectivity index (χ4v) is 10.1. The number of esters is 3. The summed E-state index contributed by atoms with van der Waals surface area (Å²) in [5, 5.41) is 0. The van der Waals surface area contributed by atoms with Gasteiger partial charge in [0.1, 0.15) is 17.1 Å². The lowest BCUT2D eigenvalue weighted by Crippen LogP contribution is -2.77. The summed E-state index contributed by atoms with van der Waals surface area (Å²) < 4.78 is 29.1. The van der Waals surface area contributed by atoms with E-state index in [1.165, 1.54) is 34.0 Å². The van der Waals surface area contributed by atoms with Gasteiger partial charge in [0.2, 0.25) is 0 Å². The van der Waals surface area contributed by atoms with Gasteiger partial charge >= 0.3 is 17.9 Å². The summed E-state index contributed by atoms with van der Waals surface area (Å²) in [5.41, 5.74) is -5.00. The molecule has 220 valence electrons. The topological polar surface area (TPSA) is 139 Å². The van der Waals surface area contributed by atoms with Crippen molar-refractivity contribution in [3.63, 3.8) is 0 Å². The second-order valence-electron chi connectivity index (χ2n) is 13.2. The summed E-state index contributed by atoms with van der Waals surface area (Å²) in [4.78, 5) is 66.8. The minimum atomic E-state index is -1.63. The van der Waals surface area contributed by atoms with E-state index in [2.05, 4.69) is 0 Å². The Bertz CT molecular complexity index is 1400. The van der Waals surface area contributed by atoms with Gasteiger partial charge in [0, 0.05) is 36.5 Å². The number of ketones is 2. The number of Topliss-reactive ketones (excluding diaryl/α,β-unsaturated/α-hetero) is 1. The Morgan fingerprint density at radius 1 is 0.976 bits per heavy atom. The van der Waals surface area contributed by atoms with Crippen LogP contribution < -0.4 is 0 Å². The second kappa shape index (κ2) is 8.40. The fraction of sp³-hybridized carbons (Fsp3) is 0.645. The van der Waals surface area contributed by atoms with Gasteiger partial charge in [0.05, 0.1) is 31.2 Å². The first kappa shape index (κ1) is 27.9. The number of furan rings is 1. The lowest BCUT2D eigenvalue weighted by Gasteiger charge is -2.67. The van der Waals surface area contributed by atoms with Crippen LogP contribution in [0.1, 0.15) is 65.9 Å². The highest BCUT2D eigenvalue weighted by Gasteiger charge is 2.91. The molecule has 1 spiro atoms. The summed E-state index contributed by atoms with van der Waals surface area (Å²) in [6.45, 7) is 9.80. The van der Waals surface area contributed by atoms with Crippen molar-refractivity contribution >= 4 is 29.5 Å². The Kier molecular flexibility index (Phi) is 5.71. The Balaban J connectivity index is 1.62. The number of methoxy groups -OCH3 is 1. The van der Waals surface area contributed by atoms with Gasteiger partial charge in [-0.25, -0.2) is 0 Å². The molecule has 1 aromatic heterocycles. The quantitative estimate of drug-likeness (QED) is 0.230. The lowest BCUT2D eigenvalue weighted by atomic mass is 9.35. The average molecular weight is 569 g/mol. The van der Waals surface area contributed by atoms with Gasteiger partial charge in [-0.3, -0.25) is 24.0 Å². The Labute approximate surface area is 238 Å². The Hall–Kier alpha value is -3.27. The second-order valence-corrected chi connectivity index (χ2v) is 13.2. The molecule has 2 heterocycles. The number of ether oxygens (including phenoxy) is 4. The number of epoxide rings is 1. The predicted octanol–water partition coefficient (Wildman–Crippen LogP) is 3.32. The van der Waals surface area contributed by atoms with E-state index in [0.717, 1.165) is 5.56 Å². The van der Waals surface area contributed by atoms with E-state index in [-0.39, 0.29) is 24.2 Å². The highest BCUT2D eigenvalue weighted by Crippen LogP contribution is 2.82. The molecular weight excluding hydrogens is 532 g/mol. The van der Waals surface area contributed by atoms with E-state index >= 15 is 4.79 Å². The van der Waals surface area contributed by atoms with Gasteiger partial charge in [0.25, 0.3) is 0 Å². The van der Waals surface area contributed by atoms with Crippen LogP contribution in [0.15, 0.2) is 35.2 Å². The highest BCUT2D eigenvalue weighted by molar-refractivity contribution is 6.10. The number of hydrogen-bond acceptors (Lipinski definition) is 10. The van der Waals surface area contributed by atoms with Gasteiger partial charge in [-0.15, -0.1) is 0 Å². The molecule has 0 radical (unpaired) electrons. The van der Waals surface area contributed by atoms with Crippen molar-refractivity contribution in [1.29, 1.82) is 0 Å². The molecule has 0 bridgehead atoms. The molecule has 1 saturated heterocycles. The van der Waals surface area contributed by atoms with Crippen LogP contribution in [0, 0.1) is 33.5 Å². The van der Waals surface area contributed by atoms with Crippen molar-refractivity contribution in [3.8, 4) is 0 Å². The first-order valence-corrected chi connectivity index (χ1v) is 14.1. The van der Waals surface area contributed by atoms with Crippen molar-refractivity contribution in [2.75, 3.05) is 7.11 Å². The van der Waals surface area contributed by atoms with Gasteiger partial charge in [-0.2, -0.15) is 0 Å². The molecule has 11 atom stereocenters. The molecule has 4 aliphatic carbocycles. The van der Waals surface area contributed by atoms with Crippen molar-refractivity contribution in [2.24, 2.45) is 33.5 Å². The number of hydrogen-bond donors (Lipinski definition) is 0. The molecule has 4 fully saturated rings. The molecule has 1 aliphatic heterocycles. The van der Waals surface area contributed by atoms with Gasteiger partial charge in [-0.1, -0.05) is 26.8 Å². The first-order chi connectivity index (χ1) is 19.1. The number of carbonyl (C=O) groups excluding carboxylic acids is 5. The highest BCUT2D eigenvalue weighted by atomic mass is 16.6. The standard InChI is InChI=1S/C31H36O10/c1-15(32)39-21-13-19-27(3,10-8-20(34)28(19,4)26(36)37-7)24-23(35)25(40-16(2)33)29(5)18(17-9-11-38-14-17)12-22-31(29,41-22)30(21,24)6/h8-11,14,18-19,21-22,24-25H,12-13H2,1-7H3. The molecule has 10 heteroatoms. The summed E-state index contributed by atoms with van der Waals surface area (Å²) in [7, 11) is 1.22. The van der Waals surface area contributed by atoms with Crippen LogP contribution in [0.4, 0.5) is 0 Å². The van der Waals surface area contributed by atoms with Gasteiger partial charge in [-0.05, 0) is 43.4 Å². The Morgan fingerprint density at radius 3 is 2.24 bits per heavy atom. The number of allylic oxidation sites excluding steroid dienone is 2. The minimum absolute atomic E-state index is 0.126. The summed E-state index contributed by atoms with van der Waals surface area (Å²) >= 11 is 0. The third-order valence-electron chi connectivity index (χ3n) is 11.6. The van der Waals surface area contributed by atoms with E-state index < -0.39 is 75.0 Å². The molecule has 0 N–H and O–H groups in total. The van der Waals surface area contributed by atoms with Gasteiger partial charge in [0.15, 0.2) is 17.7 Å². The molecule has 6 rings (SSSR count). The summed E-state index contributed by atoms with van der Waals surface area (Å²) in [6, 6.07) is 1.84. The molecule has 41 heavy (non-hydrogen) atoms. The lowest BCUT2D eigenvalue weighted by molar-refractivity contribution is -0.246. The van der Waals surface area contributed by atoms with E-state index in [0.29, 0.717) is 6.42 Å². The van der Waals surface area contributed by atoms with Crippen LogP contribution in [0.5, 0.6) is 0 Å². The molecule has 0 amide bonds. The number of carbonyl (C=O) groups is 5. The van der Waals surface area contributed by atoms with Crippen LogP contribution in [0.2, 0.25) is 0 Å². The first-order valence-electron chi connectivity index (χ1n) is 14.1. The average Bonchev–Trinajstić information content (AvgIpc) is 3.26. The zero-order valence-electron chi connectivity index (χ0n) is 24.3. The van der Waals surface area contributed by atoms with E-state index in [9.17, 15) is 19.2 Å². The molecule has 11 unspecified atom stereocenters. The van der Waals surface area contributed by atoms with Crippen LogP contribution in [-0.2, 0) is 42.9 Å². The van der Waals surface area contributed by atoms with Crippen molar-refractivity contribution < 1.29 is 47.3 Å². The van der Waals surface area contributed by atoms with Crippen LogP contribution in [-0.4, -0.2) is 60.5 Å². The molecule has 3 saturated carbocycles. The van der Waals surface area contributed by atoms with Crippen LogP contribution in [0.3, 0.4) is 0 Å². The maximum atomic E-state index is 15.0. The van der Waals surface area contributed by atoms with E-state index in [4.69, 9.17) is 23.4 Å². The van der Waals surface area contributed by atoms with Crippen LogP contribution in [0.25, 0.3) is 0 Å². The monoisotopic (exact) mass is 568 g/mol. The normalized spacial score (nSPS) is 47.4. The van der Waals surface area contributed by atoms with Crippen molar-refractivity contribution in [1.82, 2.24) is 0 Å². The largest absolute Gasteiger partial charge is 0.472 e. The SMILES string of the molecule is COC(=O)C1(C)C(=O)C=CC2(C)C1CC(OC(C)=O)C1(C)C2C(=O)C(OC(C)=O)C2(C)C(c3ccoc3)CC3OC321. The van der Waals surface area contributed by atoms with Crippen LogP contribution >= 0.6 is 0 Å². The van der Waals surface area contributed by atoms with E-state index in [1.54, 1.807) is 18.6 Å². The number of fused-ring (bicyclic) bond motifs is 3. The maximum Gasteiger partial charge on any atom is 0.319 e. The minimum Gasteiger partial charge on any atom is -0.472 e. The zero-order chi connectivity index (χ0) is 29.9. The number of rotatable bonds is 4.